The summed E-state index contributed by atoms with van der Waals surface area (Å²) >= 11 is 0. The normalized spacial score (nSPS) is 9.56. The van der Waals surface area contributed by atoms with Gasteiger partial charge < -0.3 is 5.11 Å². The lowest BCUT2D eigenvalue weighted by molar-refractivity contribution is -0.122. The van der Waals surface area contributed by atoms with Gasteiger partial charge in [0.15, 0.2) is 0 Å². The number of hydrogen-bond donors (Lipinski definition) is 3. The van der Waals surface area contributed by atoms with Crippen LogP contribution in [0.2, 0.25) is 0 Å². The summed E-state index contributed by atoms with van der Waals surface area (Å²) in [5.41, 5.74) is 2.90. The molecule has 0 saturated heterocycles. The van der Waals surface area contributed by atoms with Crippen LogP contribution in [0.3, 0.4) is 0 Å². The minimum atomic E-state index is -0.810. The second-order valence-electron chi connectivity index (χ2n) is 2.91. The molecule has 0 unspecified atom stereocenters. The lowest BCUT2D eigenvalue weighted by Gasteiger charge is -2.05. The monoisotopic (exact) mass is 224 g/mol. The molecule has 0 bridgehead atoms. The molecule has 3 N–H and O–H groups in total. The van der Waals surface area contributed by atoms with Crippen LogP contribution in [0.4, 0.5) is 4.79 Å². The van der Waals surface area contributed by atoms with Crippen LogP contribution in [0, 0.1) is 0 Å². The largest absolute Gasteiger partial charge is 0.387 e. The Kier molecular flexibility index (Phi) is 4.97. The van der Waals surface area contributed by atoms with Gasteiger partial charge in [-0.15, -0.1) is 0 Å². The second-order valence-corrected chi connectivity index (χ2v) is 2.91. The van der Waals surface area contributed by atoms with Crippen LogP contribution < -0.4 is 10.8 Å². The number of imide groups is 1. The maximum atomic E-state index is 10.9. The average molecular weight is 224 g/mol. The number of aliphatic hydroxyl groups is 1. The van der Waals surface area contributed by atoms with Crippen molar-refractivity contribution in [1.82, 2.24) is 10.8 Å². The third-order valence-electron chi connectivity index (χ3n) is 1.64. The Labute approximate surface area is 92.2 Å². The van der Waals surface area contributed by atoms with Crippen molar-refractivity contribution in [2.45, 2.75) is 6.61 Å². The van der Waals surface area contributed by atoms with Gasteiger partial charge in [-0.25, -0.2) is 10.3 Å². The van der Waals surface area contributed by atoms with Crippen molar-refractivity contribution < 1.29 is 19.5 Å². The van der Waals surface area contributed by atoms with Crippen LogP contribution in [0.15, 0.2) is 30.3 Å². The Morgan fingerprint density at radius 2 is 1.94 bits per heavy atom. The van der Waals surface area contributed by atoms with Crippen LogP contribution in [0.25, 0.3) is 0 Å². The summed E-state index contributed by atoms with van der Waals surface area (Å²) in [6.07, 6.45) is 0. The van der Waals surface area contributed by atoms with Gasteiger partial charge in [0.05, 0.1) is 6.61 Å². The van der Waals surface area contributed by atoms with Gasteiger partial charge >= 0.3 is 6.03 Å². The maximum Gasteiger partial charge on any atom is 0.345 e. The molecule has 0 aliphatic rings. The number of benzene rings is 1. The molecule has 3 amide bonds. The number of amides is 3. The van der Waals surface area contributed by atoms with Crippen molar-refractivity contribution in [3.05, 3.63) is 35.9 Å². The predicted octanol–water partition coefficient (Wildman–Crippen LogP) is -0.0637. The average Bonchev–Trinajstić information content (AvgIpc) is 2.30. The van der Waals surface area contributed by atoms with E-state index in [0.717, 1.165) is 5.56 Å². The summed E-state index contributed by atoms with van der Waals surface area (Å²) in [6, 6.07) is 8.40. The van der Waals surface area contributed by atoms with Gasteiger partial charge in [0.1, 0.15) is 6.61 Å². The second kappa shape index (κ2) is 6.54. The molecule has 1 aromatic carbocycles. The Balaban J connectivity index is 2.21. The van der Waals surface area contributed by atoms with Gasteiger partial charge in [0, 0.05) is 0 Å². The number of rotatable bonds is 4. The molecule has 0 aliphatic heterocycles. The quantitative estimate of drug-likeness (QED) is 0.625. The van der Waals surface area contributed by atoms with Gasteiger partial charge in [-0.05, 0) is 5.56 Å². The van der Waals surface area contributed by atoms with E-state index in [4.69, 9.17) is 9.94 Å². The Bertz CT molecular complexity index is 353. The zero-order valence-electron chi connectivity index (χ0n) is 8.47. The number of carbonyl (C=O) groups excluding carboxylic acids is 2. The van der Waals surface area contributed by atoms with E-state index in [1.807, 2.05) is 41.1 Å². The van der Waals surface area contributed by atoms with Crippen molar-refractivity contribution in [3.63, 3.8) is 0 Å². The summed E-state index contributed by atoms with van der Waals surface area (Å²) in [4.78, 5) is 26.3. The fraction of sp³-hybridized carbons (Fsp3) is 0.200. The van der Waals surface area contributed by atoms with Gasteiger partial charge in [0.25, 0.3) is 5.91 Å². The molecule has 6 heteroatoms. The maximum absolute atomic E-state index is 10.9. The van der Waals surface area contributed by atoms with Crippen LogP contribution in [-0.2, 0) is 16.2 Å². The Morgan fingerprint density at radius 3 is 2.56 bits per heavy atom. The van der Waals surface area contributed by atoms with Crippen molar-refractivity contribution in [2.24, 2.45) is 0 Å². The fourth-order valence-electron chi connectivity index (χ4n) is 0.951. The van der Waals surface area contributed by atoms with E-state index in [2.05, 4.69) is 0 Å². The van der Waals surface area contributed by atoms with Crippen molar-refractivity contribution >= 4 is 11.9 Å². The highest BCUT2D eigenvalue weighted by molar-refractivity contribution is 5.94. The molecule has 0 fully saturated rings. The number of nitrogens with one attached hydrogen (secondary N) is 2. The first-order valence-corrected chi connectivity index (χ1v) is 4.59. The summed E-state index contributed by atoms with van der Waals surface area (Å²) in [5.74, 6) is -0.791. The molecule has 0 saturated carbocycles. The van der Waals surface area contributed by atoms with Crippen LogP contribution in [0.5, 0.6) is 0 Å². The topological polar surface area (TPSA) is 87.7 Å². The summed E-state index contributed by atoms with van der Waals surface area (Å²) < 4.78 is 0. The number of carbonyl (C=O) groups is 2. The first-order chi connectivity index (χ1) is 7.72. The van der Waals surface area contributed by atoms with Crippen molar-refractivity contribution in [2.75, 3.05) is 6.61 Å². The molecule has 1 aromatic rings. The number of aliphatic hydroxyl groups excluding tert-OH is 1. The summed E-state index contributed by atoms with van der Waals surface area (Å²) in [6.45, 7) is -0.548. The predicted molar refractivity (Wildman–Crippen MR) is 55.0 cm³/mol. The standard InChI is InChI=1S/C10H12N2O4/c13-6-9(14)11-10(15)12-16-7-8-4-2-1-3-5-8/h1-5,13H,6-7H2,(H2,11,12,14,15). The molecule has 0 heterocycles. The Hall–Kier alpha value is -1.92. The zero-order valence-corrected chi connectivity index (χ0v) is 8.47. The molecule has 0 atom stereocenters. The molecule has 0 aromatic heterocycles. The van der Waals surface area contributed by atoms with E-state index < -0.39 is 18.5 Å². The highest BCUT2D eigenvalue weighted by Crippen LogP contribution is 1.98. The molecule has 86 valence electrons. The van der Waals surface area contributed by atoms with Gasteiger partial charge in [-0.2, -0.15) is 0 Å². The van der Waals surface area contributed by atoms with Gasteiger partial charge in [0.2, 0.25) is 0 Å². The van der Waals surface area contributed by atoms with E-state index in [0.29, 0.717) is 0 Å². The minimum absolute atomic E-state index is 0.196. The van der Waals surface area contributed by atoms with E-state index in [1.165, 1.54) is 0 Å². The zero-order chi connectivity index (χ0) is 11.8. The summed E-state index contributed by atoms with van der Waals surface area (Å²) in [5, 5.41) is 10.2. The van der Waals surface area contributed by atoms with E-state index in [1.54, 1.807) is 0 Å². The van der Waals surface area contributed by atoms with Crippen LogP contribution in [0.1, 0.15) is 5.56 Å². The first kappa shape index (κ1) is 12.2. The Morgan fingerprint density at radius 1 is 1.25 bits per heavy atom. The van der Waals surface area contributed by atoms with Crippen LogP contribution >= 0.6 is 0 Å². The van der Waals surface area contributed by atoms with Gasteiger partial charge in [-0.1, -0.05) is 30.3 Å². The van der Waals surface area contributed by atoms with Crippen molar-refractivity contribution in [3.8, 4) is 0 Å². The molecule has 16 heavy (non-hydrogen) atoms. The van der Waals surface area contributed by atoms with E-state index in [-0.39, 0.29) is 6.61 Å². The third kappa shape index (κ3) is 4.54. The summed E-state index contributed by atoms with van der Waals surface area (Å²) in [7, 11) is 0. The molecule has 0 radical (unpaired) electrons. The third-order valence-corrected chi connectivity index (χ3v) is 1.64. The number of urea groups is 1. The lowest BCUT2D eigenvalue weighted by atomic mass is 10.2. The molecular formula is C10H12N2O4. The molecular weight excluding hydrogens is 212 g/mol. The fourth-order valence-corrected chi connectivity index (χ4v) is 0.951. The minimum Gasteiger partial charge on any atom is -0.387 e. The highest BCUT2D eigenvalue weighted by Gasteiger charge is 2.05. The van der Waals surface area contributed by atoms with Crippen molar-refractivity contribution in [1.29, 1.82) is 0 Å². The lowest BCUT2D eigenvalue weighted by Crippen LogP contribution is -2.40. The molecule has 0 aliphatic carbocycles. The highest BCUT2D eigenvalue weighted by atomic mass is 16.7. The number of hydrogen-bond acceptors (Lipinski definition) is 4. The number of hydroxylamine groups is 1. The van der Waals surface area contributed by atoms with Gasteiger partial charge in [-0.3, -0.25) is 14.9 Å². The van der Waals surface area contributed by atoms with E-state index >= 15 is 0 Å². The SMILES string of the molecule is O=C(CO)NC(=O)NOCc1ccccc1. The smallest absolute Gasteiger partial charge is 0.345 e. The molecule has 1 rings (SSSR count). The van der Waals surface area contributed by atoms with E-state index in [9.17, 15) is 9.59 Å². The molecule has 0 spiro atoms. The molecule has 6 nitrogen and oxygen atoms in total. The van der Waals surface area contributed by atoms with Crippen LogP contribution in [-0.4, -0.2) is 23.7 Å². The first-order valence-electron chi connectivity index (χ1n) is 4.59.